The molecule has 2 aromatic rings. The van der Waals surface area contributed by atoms with E-state index >= 15 is 0 Å². The second kappa shape index (κ2) is 5.37. The Morgan fingerprint density at radius 2 is 1.71 bits per heavy atom. The van der Waals surface area contributed by atoms with Gasteiger partial charge in [0.15, 0.2) is 0 Å². The van der Waals surface area contributed by atoms with E-state index in [1.165, 1.54) is 13.0 Å². The van der Waals surface area contributed by atoms with Crippen LogP contribution in [-0.2, 0) is 10.0 Å². The Morgan fingerprint density at radius 1 is 1.05 bits per heavy atom. The highest BCUT2D eigenvalue weighted by Gasteiger charge is 2.20. The van der Waals surface area contributed by atoms with Crippen molar-refractivity contribution < 1.29 is 12.8 Å². The van der Waals surface area contributed by atoms with Crippen LogP contribution in [0.25, 0.3) is 0 Å². The van der Waals surface area contributed by atoms with Crippen LogP contribution in [0.5, 0.6) is 0 Å². The van der Waals surface area contributed by atoms with Crippen LogP contribution >= 0.6 is 0 Å². The molecule has 0 atom stereocenters. The number of nitrogen functional groups attached to an aromatic ring is 1. The van der Waals surface area contributed by atoms with Crippen molar-refractivity contribution in [1.29, 1.82) is 0 Å². The van der Waals surface area contributed by atoms with Crippen molar-refractivity contribution in [3.8, 4) is 0 Å². The lowest BCUT2D eigenvalue weighted by atomic mass is 10.1. The van der Waals surface area contributed by atoms with Crippen LogP contribution in [0.15, 0.2) is 35.2 Å². The minimum absolute atomic E-state index is 0.0422. The molecule has 0 fully saturated rings. The van der Waals surface area contributed by atoms with Crippen LogP contribution in [0.2, 0.25) is 0 Å². The number of benzene rings is 2. The summed E-state index contributed by atoms with van der Waals surface area (Å²) in [5.74, 6) is -0.643. The summed E-state index contributed by atoms with van der Waals surface area (Å²) in [5, 5.41) is 0. The molecule has 0 aromatic heterocycles. The molecule has 112 valence electrons. The Morgan fingerprint density at radius 3 is 2.33 bits per heavy atom. The Bertz CT molecular complexity index is 802. The van der Waals surface area contributed by atoms with Crippen LogP contribution in [0.1, 0.15) is 16.7 Å². The van der Waals surface area contributed by atoms with Gasteiger partial charge in [-0.1, -0.05) is 6.07 Å². The van der Waals surface area contributed by atoms with E-state index in [4.69, 9.17) is 5.73 Å². The van der Waals surface area contributed by atoms with E-state index in [0.29, 0.717) is 5.69 Å². The van der Waals surface area contributed by atoms with Gasteiger partial charge in [0, 0.05) is 16.9 Å². The monoisotopic (exact) mass is 308 g/mol. The zero-order valence-electron chi connectivity index (χ0n) is 12.1. The van der Waals surface area contributed by atoms with Gasteiger partial charge >= 0.3 is 0 Å². The quantitative estimate of drug-likeness (QED) is 0.856. The molecule has 0 saturated carbocycles. The normalized spacial score (nSPS) is 11.4. The highest BCUT2D eigenvalue weighted by molar-refractivity contribution is 7.92. The number of aryl methyl sites for hydroxylation is 2. The number of rotatable bonds is 3. The fourth-order valence-electron chi connectivity index (χ4n) is 1.97. The Kier molecular flexibility index (Phi) is 3.91. The number of sulfonamides is 1. The van der Waals surface area contributed by atoms with Gasteiger partial charge in [-0.2, -0.15) is 0 Å². The maximum Gasteiger partial charge on any atom is 0.262 e. The molecule has 2 aromatic carbocycles. The van der Waals surface area contributed by atoms with Crippen molar-refractivity contribution >= 4 is 21.4 Å². The van der Waals surface area contributed by atoms with Gasteiger partial charge in [-0.3, -0.25) is 4.72 Å². The molecular formula is C15H17FN2O2S. The van der Waals surface area contributed by atoms with Gasteiger partial charge in [0.25, 0.3) is 10.0 Å². The fraction of sp³-hybridized carbons (Fsp3) is 0.200. The first-order chi connectivity index (χ1) is 9.70. The summed E-state index contributed by atoms with van der Waals surface area (Å²) in [4.78, 5) is -0.154. The number of halogens is 1. The maximum atomic E-state index is 13.7. The van der Waals surface area contributed by atoms with E-state index in [0.717, 1.165) is 17.2 Å². The van der Waals surface area contributed by atoms with Gasteiger partial charge in [0.05, 0.1) is 4.90 Å². The van der Waals surface area contributed by atoms with Crippen LogP contribution in [0.4, 0.5) is 15.8 Å². The van der Waals surface area contributed by atoms with Crippen molar-refractivity contribution in [3.63, 3.8) is 0 Å². The second-order valence-corrected chi connectivity index (χ2v) is 6.68. The summed E-state index contributed by atoms with van der Waals surface area (Å²) < 4.78 is 40.9. The molecule has 0 saturated heterocycles. The zero-order valence-corrected chi connectivity index (χ0v) is 12.9. The standard InChI is InChI=1S/C15H17FN2O2S/c1-9-4-5-13(6-10(9)2)18-21(19,20)15-8-12(17)7-14(16)11(15)3/h4-8,18H,17H2,1-3H3. The number of hydrogen-bond acceptors (Lipinski definition) is 3. The molecule has 0 aliphatic carbocycles. The second-order valence-electron chi connectivity index (χ2n) is 5.03. The van der Waals surface area contributed by atoms with Gasteiger partial charge in [0.2, 0.25) is 0 Å². The summed E-state index contributed by atoms with van der Waals surface area (Å²) in [5.41, 5.74) is 8.09. The van der Waals surface area contributed by atoms with Gasteiger partial charge in [-0.25, -0.2) is 12.8 Å². The molecule has 6 heteroatoms. The molecule has 21 heavy (non-hydrogen) atoms. The number of anilines is 2. The predicted octanol–water partition coefficient (Wildman–Crippen LogP) is 3.13. The lowest BCUT2D eigenvalue weighted by Crippen LogP contribution is -2.15. The average molecular weight is 308 g/mol. The summed E-state index contributed by atoms with van der Waals surface area (Å²) in [6, 6.07) is 7.56. The van der Waals surface area contributed by atoms with E-state index in [1.807, 2.05) is 19.9 Å². The smallest absolute Gasteiger partial charge is 0.262 e. The van der Waals surface area contributed by atoms with Gasteiger partial charge in [-0.05, 0) is 56.2 Å². The number of nitrogens with one attached hydrogen (secondary N) is 1. The van der Waals surface area contributed by atoms with E-state index in [9.17, 15) is 12.8 Å². The van der Waals surface area contributed by atoms with Crippen molar-refractivity contribution in [2.45, 2.75) is 25.7 Å². The minimum atomic E-state index is -3.89. The predicted molar refractivity (Wildman–Crippen MR) is 82.3 cm³/mol. The third kappa shape index (κ3) is 3.16. The zero-order chi connectivity index (χ0) is 15.8. The SMILES string of the molecule is Cc1ccc(NS(=O)(=O)c2cc(N)cc(F)c2C)cc1C. The van der Waals surface area contributed by atoms with Gasteiger partial charge < -0.3 is 5.73 Å². The molecule has 2 rings (SSSR count). The molecule has 0 heterocycles. The summed E-state index contributed by atoms with van der Waals surface area (Å²) >= 11 is 0. The first-order valence-electron chi connectivity index (χ1n) is 6.36. The first kappa shape index (κ1) is 15.3. The highest BCUT2D eigenvalue weighted by atomic mass is 32.2. The molecule has 0 unspecified atom stereocenters. The third-order valence-electron chi connectivity index (χ3n) is 3.37. The third-order valence-corrected chi connectivity index (χ3v) is 4.88. The van der Waals surface area contributed by atoms with Crippen molar-refractivity contribution in [3.05, 3.63) is 52.8 Å². The minimum Gasteiger partial charge on any atom is -0.399 e. The molecule has 0 bridgehead atoms. The molecule has 0 aliphatic heterocycles. The van der Waals surface area contributed by atoms with E-state index < -0.39 is 15.8 Å². The molecule has 0 amide bonds. The summed E-state index contributed by atoms with van der Waals surface area (Å²) in [7, 11) is -3.89. The molecule has 3 N–H and O–H groups in total. The van der Waals surface area contributed by atoms with E-state index in [1.54, 1.807) is 12.1 Å². The highest BCUT2D eigenvalue weighted by Crippen LogP contribution is 2.25. The molecule has 0 aliphatic rings. The summed E-state index contributed by atoms with van der Waals surface area (Å²) in [6.07, 6.45) is 0. The van der Waals surface area contributed by atoms with Crippen molar-refractivity contribution in [2.75, 3.05) is 10.5 Å². The Labute approximate surface area is 123 Å². The average Bonchev–Trinajstić information content (AvgIpc) is 2.37. The van der Waals surface area contributed by atoms with Crippen LogP contribution < -0.4 is 10.5 Å². The van der Waals surface area contributed by atoms with Crippen LogP contribution in [-0.4, -0.2) is 8.42 Å². The number of hydrogen-bond donors (Lipinski definition) is 2. The molecule has 0 radical (unpaired) electrons. The van der Waals surface area contributed by atoms with Crippen LogP contribution in [0.3, 0.4) is 0 Å². The van der Waals surface area contributed by atoms with Crippen molar-refractivity contribution in [2.24, 2.45) is 0 Å². The Balaban J connectivity index is 2.45. The molecule has 0 spiro atoms. The maximum absolute atomic E-state index is 13.7. The van der Waals surface area contributed by atoms with E-state index in [2.05, 4.69) is 4.72 Å². The lowest BCUT2D eigenvalue weighted by Gasteiger charge is -2.12. The lowest BCUT2D eigenvalue weighted by molar-refractivity contribution is 0.591. The Hall–Kier alpha value is -2.08. The fourth-order valence-corrected chi connectivity index (χ4v) is 3.31. The largest absolute Gasteiger partial charge is 0.399 e. The topological polar surface area (TPSA) is 72.2 Å². The van der Waals surface area contributed by atoms with Crippen LogP contribution in [0, 0.1) is 26.6 Å². The van der Waals surface area contributed by atoms with E-state index in [-0.39, 0.29) is 16.1 Å². The summed E-state index contributed by atoms with van der Waals surface area (Å²) in [6.45, 7) is 5.23. The molecular weight excluding hydrogens is 291 g/mol. The molecule has 4 nitrogen and oxygen atoms in total. The number of nitrogens with two attached hydrogens (primary N) is 1. The van der Waals surface area contributed by atoms with Crippen molar-refractivity contribution in [1.82, 2.24) is 0 Å². The first-order valence-corrected chi connectivity index (χ1v) is 7.85. The van der Waals surface area contributed by atoms with Gasteiger partial charge in [0.1, 0.15) is 5.82 Å². The van der Waals surface area contributed by atoms with Gasteiger partial charge in [-0.15, -0.1) is 0 Å².